The molecule has 1 saturated carbocycles. The van der Waals surface area contributed by atoms with Crippen molar-refractivity contribution in [1.29, 1.82) is 0 Å². The van der Waals surface area contributed by atoms with Crippen LogP contribution in [0.25, 0.3) is 0 Å². The van der Waals surface area contributed by atoms with Gasteiger partial charge in [-0.3, -0.25) is 9.80 Å². The Labute approximate surface area is 464 Å². The van der Waals surface area contributed by atoms with E-state index in [4.69, 9.17) is 15.4 Å². The molecule has 0 atom stereocenters. The van der Waals surface area contributed by atoms with Gasteiger partial charge < -0.3 is 25.2 Å². The van der Waals surface area contributed by atoms with Gasteiger partial charge in [-0.05, 0) is 167 Å². The number of benzene rings is 2. The number of anilines is 4. The minimum absolute atomic E-state index is 0.0581. The Morgan fingerprint density at radius 1 is 0.623 bits per heavy atom. The molecule has 12 rings (SSSR count). The van der Waals surface area contributed by atoms with Crippen LogP contribution in [0.1, 0.15) is 115 Å². The summed E-state index contributed by atoms with van der Waals surface area (Å²) < 4.78 is 59.1. The molecule has 77 heavy (non-hydrogen) atoms. The van der Waals surface area contributed by atoms with Crippen LogP contribution in [0.2, 0.25) is 25.7 Å². The van der Waals surface area contributed by atoms with E-state index in [1.54, 1.807) is 4.31 Å². The van der Waals surface area contributed by atoms with Gasteiger partial charge in [-0.1, -0.05) is 51.0 Å². The third kappa shape index (κ3) is 13.8. The van der Waals surface area contributed by atoms with Crippen molar-refractivity contribution in [3.63, 3.8) is 0 Å². The van der Waals surface area contributed by atoms with Crippen LogP contribution in [0.5, 0.6) is 0 Å². The molecule has 4 aromatic rings. The maximum Gasteiger partial charge on any atom is 0.298 e. The predicted molar refractivity (Wildman–Crippen MR) is 308 cm³/mol. The first-order chi connectivity index (χ1) is 37.0. The van der Waals surface area contributed by atoms with E-state index in [9.17, 15) is 16.8 Å². The summed E-state index contributed by atoms with van der Waals surface area (Å²) >= 11 is 0. The molecule has 0 unspecified atom stereocenters. The summed E-state index contributed by atoms with van der Waals surface area (Å²) in [6.45, 7) is 18.1. The van der Waals surface area contributed by atoms with Crippen LogP contribution in [0.15, 0.2) is 22.4 Å². The third-order valence-electron chi connectivity index (χ3n) is 17.7. The van der Waals surface area contributed by atoms with Gasteiger partial charge in [0.25, 0.3) is 29.4 Å². The smallest absolute Gasteiger partial charge is 0.298 e. The molecular formula is C55H86ClN13O5S2Si. The highest BCUT2D eigenvalue weighted by Gasteiger charge is 2.35. The summed E-state index contributed by atoms with van der Waals surface area (Å²) in [5.41, 5.74) is 13.2. The number of rotatable bonds is 14. The largest absolute Gasteiger partial charge is 0.359 e. The van der Waals surface area contributed by atoms with E-state index in [0.717, 1.165) is 127 Å². The Balaban J connectivity index is 0.000000143. The van der Waals surface area contributed by atoms with Crippen molar-refractivity contribution in [2.24, 2.45) is 0 Å². The number of hydrogen-bond acceptors (Lipinski definition) is 15. The van der Waals surface area contributed by atoms with E-state index in [1.807, 2.05) is 0 Å². The Morgan fingerprint density at radius 3 is 1.58 bits per heavy atom. The molecular weight excluding hydrogens is 1050 g/mol. The van der Waals surface area contributed by atoms with Crippen molar-refractivity contribution < 1.29 is 21.6 Å². The number of likely N-dealkylation sites (N-methyl/N-ethyl adjacent to an activating group) is 2. The van der Waals surface area contributed by atoms with Gasteiger partial charge in [0.15, 0.2) is 0 Å². The fourth-order valence-corrected chi connectivity index (χ4v) is 15.7. The molecule has 8 aliphatic rings. The zero-order valence-corrected chi connectivity index (χ0v) is 50.0. The second-order valence-corrected chi connectivity index (χ2v) is 34.2. The molecule has 4 fully saturated rings. The lowest BCUT2D eigenvalue weighted by Crippen LogP contribution is -2.52. The second kappa shape index (κ2) is 24.7. The number of hydrogen-bond donors (Lipinski definition) is 3. The van der Waals surface area contributed by atoms with E-state index in [2.05, 4.69) is 101 Å². The molecule has 22 heteroatoms. The highest BCUT2D eigenvalue weighted by atomic mass is 35.7. The summed E-state index contributed by atoms with van der Waals surface area (Å²) in [5, 5.41) is 17.4. The number of aromatic amines is 1. The molecule has 5 aliphatic carbocycles. The lowest BCUT2D eigenvalue weighted by atomic mass is 9.94. The number of piperidine rings is 1. The monoisotopic (exact) mass is 1140 g/mol. The maximum absolute atomic E-state index is 13.3. The number of sulfonamides is 1. The van der Waals surface area contributed by atoms with Crippen molar-refractivity contribution in [2.45, 2.75) is 177 Å². The fraction of sp³-hybridized carbons (Fsp3) is 0.709. The lowest BCUT2D eigenvalue weighted by molar-refractivity contribution is 0.0792. The first-order valence-electron chi connectivity index (χ1n) is 29.1. The quantitative estimate of drug-likeness (QED) is 0.0632. The normalized spacial score (nSPS) is 21.2. The van der Waals surface area contributed by atoms with Gasteiger partial charge in [-0.2, -0.15) is 14.3 Å². The molecule has 0 amide bonds. The lowest BCUT2D eigenvalue weighted by Gasteiger charge is -2.41. The highest BCUT2D eigenvalue weighted by Crippen LogP contribution is 2.41. The van der Waals surface area contributed by atoms with Crippen molar-refractivity contribution in [3.05, 3.63) is 56.6 Å². The summed E-state index contributed by atoms with van der Waals surface area (Å²) in [4.78, 5) is 18.6. The topological polar surface area (TPSA) is 190 Å². The van der Waals surface area contributed by atoms with E-state index >= 15 is 0 Å². The SMILES string of the molecule is CN1CCN(C2CCCCC2)CC1.CN1CCN(C2CCN(S(=O)(=O)c3nc(Nc4c5c(cc6c4CCC6)CCC5)n[nH]3)CC2)CC1.C[Si](C)(C)CCOCn1nc(S(=O)(=O)Cl)nc1Nc1c2c(cc3c1CCC3)CCC2. The Hall–Kier alpha value is -3.51. The highest BCUT2D eigenvalue weighted by molar-refractivity contribution is 8.13. The summed E-state index contributed by atoms with van der Waals surface area (Å²) in [7, 11) is 0.983. The number of halogens is 1. The number of aromatic nitrogens is 6. The van der Waals surface area contributed by atoms with Crippen LogP contribution in [0, 0.1) is 0 Å². The second-order valence-electron chi connectivity index (χ2n) is 24.3. The molecule has 3 saturated heterocycles. The number of piperazine rings is 2. The average Bonchev–Trinajstić information content (AvgIpc) is 4.31. The zero-order chi connectivity index (χ0) is 53.9. The molecule has 3 N–H and O–H groups in total. The molecule has 2 aromatic carbocycles. The van der Waals surface area contributed by atoms with Crippen molar-refractivity contribution >= 4 is 61.1 Å². The maximum atomic E-state index is 13.3. The van der Waals surface area contributed by atoms with E-state index in [1.165, 1.54) is 120 Å². The number of nitrogens with zero attached hydrogens (tertiary/aromatic N) is 10. The van der Waals surface area contributed by atoms with Gasteiger partial charge in [0.2, 0.25) is 11.9 Å². The minimum atomic E-state index is -4.03. The van der Waals surface area contributed by atoms with E-state index in [-0.39, 0.29) is 11.9 Å². The molecule has 0 bridgehead atoms. The molecule has 2 aromatic heterocycles. The zero-order valence-electron chi connectivity index (χ0n) is 46.6. The number of aryl methyl sites for hydroxylation is 4. The molecule has 0 spiro atoms. The van der Waals surface area contributed by atoms with Gasteiger partial charge in [0, 0.05) is 114 Å². The first-order valence-corrected chi connectivity index (χ1v) is 36.5. The van der Waals surface area contributed by atoms with Gasteiger partial charge in [0.05, 0.1) is 0 Å². The average molecular weight is 1140 g/mol. The standard InChI is InChI=1S/C24H35N7O2S.C20H29ClN4O3SSi.C11H22N2/c1-29-12-14-30(15-13-29)19-8-10-31(11-9-19)34(32,33)24-26-23(27-28-24)25-22-20-6-2-4-17(20)16-18-5-3-7-21(18)22;1-30(2,3)11-10-28-13-25-19(23-20(24-25)29(21,26)27)22-18-16-8-4-6-14(16)12-15-7-5-9-17(15)18;1-12-7-9-13(10-8-12)11-5-3-2-4-6-11/h16,19H,2-15H2,1H3,(H2,25,26,27,28);12H,4-11,13H2,1-3H3,(H,22,23,24);11H,2-10H2,1H3. The third-order valence-corrected chi connectivity index (χ3v) is 22.1. The number of ether oxygens (including phenoxy) is 1. The number of nitrogens with one attached hydrogen (secondary N) is 3. The van der Waals surface area contributed by atoms with Gasteiger partial charge in [0.1, 0.15) is 6.73 Å². The minimum Gasteiger partial charge on any atom is -0.359 e. The first kappa shape index (κ1) is 56.7. The Bertz CT molecular complexity index is 2840. The van der Waals surface area contributed by atoms with Gasteiger partial charge >= 0.3 is 0 Å². The number of fused-ring (bicyclic) bond motifs is 4. The number of H-pyrrole nitrogens is 1. The van der Waals surface area contributed by atoms with E-state index in [0.29, 0.717) is 37.6 Å². The van der Waals surface area contributed by atoms with Crippen LogP contribution in [0.4, 0.5) is 23.3 Å². The predicted octanol–water partition coefficient (Wildman–Crippen LogP) is 7.73. The molecule has 5 heterocycles. The van der Waals surface area contributed by atoms with Gasteiger partial charge in [-0.15, -0.1) is 10.2 Å². The molecule has 3 aliphatic heterocycles. The van der Waals surface area contributed by atoms with Crippen LogP contribution in [0.3, 0.4) is 0 Å². The molecule has 18 nitrogen and oxygen atoms in total. The Kier molecular flexibility index (Phi) is 18.2. The Morgan fingerprint density at radius 2 is 1.10 bits per heavy atom. The van der Waals surface area contributed by atoms with E-state index < -0.39 is 32.3 Å². The molecule has 424 valence electrons. The summed E-state index contributed by atoms with van der Waals surface area (Å²) in [5.74, 6) is 0.705. The van der Waals surface area contributed by atoms with Crippen molar-refractivity contribution in [2.75, 3.05) is 96.8 Å². The van der Waals surface area contributed by atoms with Crippen molar-refractivity contribution in [1.82, 2.24) is 53.9 Å². The van der Waals surface area contributed by atoms with Crippen molar-refractivity contribution in [3.8, 4) is 0 Å². The van der Waals surface area contributed by atoms with Crippen LogP contribution < -0.4 is 10.6 Å². The summed E-state index contributed by atoms with van der Waals surface area (Å²) in [6.07, 6.45) is 22.3. The van der Waals surface area contributed by atoms with Gasteiger partial charge in [-0.25, -0.2) is 26.6 Å². The summed E-state index contributed by atoms with van der Waals surface area (Å²) in [6, 6.07) is 7.16. The van der Waals surface area contributed by atoms with Crippen LogP contribution in [-0.2, 0) is 81.9 Å². The van der Waals surface area contributed by atoms with Crippen LogP contribution >= 0.6 is 10.7 Å². The molecule has 0 radical (unpaired) electrons. The van der Waals surface area contributed by atoms with Crippen LogP contribution in [-0.4, -0.2) is 177 Å². The fourth-order valence-electron chi connectivity index (χ4n) is 13.1.